The first-order valence-electron chi connectivity index (χ1n) is 31.9. The first-order valence-corrected chi connectivity index (χ1v) is 31.9. The third-order valence-electron chi connectivity index (χ3n) is 15.2. The molecule has 0 N–H and O–H groups in total. The zero-order valence-electron chi connectivity index (χ0n) is 58.0. The minimum absolute atomic E-state index is 0.679. The first kappa shape index (κ1) is 67.7. The highest BCUT2D eigenvalue weighted by Gasteiger charge is 2.08. The lowest BCUT2D eigenvalue weighted by Crippen LogP contribution is -1.97. The van der Waals surface area contributed by atoms with Crippen LogP contribution in [0.4, 0.5) is 0 Å². The molecule has 94 heavy (non-hydrogen) atoms. The fourth-order valence-corrected chi connectivity index (χ4v) is 11.1. The van der Waals surface area contributed by atoms with Crippen molar-refractivity contribution in [3.8, 4) is 5.75 Å². The van der Waals surface area contributed by atoms with Gasteiger partial charge < -0.3 is 39.9 Å². The number of methoxy groups -OCH3 is 1. The second-order valence-electron chi connectivity index (χ2n) is 24.5. The van der Waals surface area contributed by atoms with Crippen molar-refractivity contribution in [2.75, 3.05) is 7.11 Å². The highest BCUT2D eigenvalue weighted by atomic mass is 16.5. The molecule has 484 valence electrons. The van der Waals surface area contributed by atoms with Crippen LogP contribution in [-0.2, 0) is 12.8 Å². The molecule has 0 unspecified atom stereocenters. The van der Waals surface area contributed by atoms with Gasteiger partial charge in [0, 0.05) is 98.6 Å². The highest BCUT2D eigenvalue weighted by Crippen LogP contribution is 2.19. The third kappa shape index (κ3) is 17.5. The Morgan fingerprint density at radius 2 is 0.809 bits per heavy atom. The van der Waals surface area contributed by atoms with E-state index in [2.05, 4.69) is 218 Å². The Labute approximate surface area is 551 Å². The number of hydrogen-bond acceptors (Lipinski definition) is 9. The average molecular weight is 1260 g/mol. The van der Waals surface area contributed by atoms with Crippen LogP contribution in [0.15, 0.2) is 190 Å². The minimum atomic E-state index is 0.679. The van der Waals surface area contributed by atoms with E-state index >= 15 is 0 Å². The fraction of sp³-hybridized carbons (Fsp3) is 0.273. The van der Waals surface area contributed by atoms with Gasteiger partial charge in [0.1, 0.15) is 39.5 Å². The van der Waals surface area contributed by atoms with Crippen molar-refractivity contribution in [3.05, 3.63) is 280 Å². The third-order valence-corrected chi connectivity index (χ3v) is 15.2. The topological polar surface area (TPSA) is 148 Å². The molecule has 0 aliphatic carbocycles. The lowest BCUT2D eigenvalue weighted by atomic mass is 10.0. The lowest BCUT2D eigenvalue weighted by Gasteiger charge is -2.05. The van der Waals surface area contributed by atoms with Crippen LogP contribution >= 0.6 is 0 Å². The van der Waals surface area contributed by atoms with Gasteiger partial charge in [-0.25, -0.2) is 39.9 Å². The Kier molecular flexibility index (Phi) is 22.1. The van der Waals surface area contributed by atoms with Crippen LogP contribution in [0, 0.1) is 103 Å². The van der Waals surface area contributed by atoms with Gasteiger partial charge >= 0.3 is 0 Å². The second kappa shape index (κ2) is 30.6. The number of rotatable bonds is 4. The van der Waals surface area contributed by atoms with Gasteiger partial charge in [-0.2, -0.15) is 0 Å². The maximum absolute atomic E-state index is 5.16. The predicted molar refractivity (Wildman–Crippen MR) is 382 cm³/mol. The van der Waals surface area contributed by atoms with Crippen molar-refractivity contribution >= 4 is 45.2 Å². The van der Waals surface area contributed by atoms with Crippen molar-refractivity contribution in [2.24, 2.45) is 5.92 Å². The summed E-state index contributed by atoms with van der Waals surface area (Å²) in [5.41, 5.74) is 26.9. The molecule has 16 heterocycles. The van der Waals surface area contributed by atoms with Crippen molar-refractivity contribution in [3.63, 3.8) is 0 Å². The molecule has 0 atom stereocenters. The lowest BCUT2D eigenvalue weighted by molar-refractivity contribution is 0.417. The number of hydrogen-bond donors (Lipinski definition) is 0. The van der Waals surface area contributed by atoms with Crippen LogP contribution < -0.4 is 4.74 Å². The van der Waals surface area contributed by atoms with Crippen LogP contribution in [0.2, 0.25) is 0 Å². The quantitative estimate of drug-likeness (QED) is 0.168. The zero-order chi connectivity index (χ0) is 67.3. The van der Waals surface area contributed by atoms with Crippen LogP contribution in [0.25, 0.3) is 45.2 Å². The van der Waals surface area contributed by atoms with Gasteiger partial charge in [0.15, 0.2) is 11.4 Å². The maximum atomic E-state index is 5.16. The summed E-state index contributed by atoms with van der Waals surface area (Å²) >= 11 is 0. The molecule has 0 spiro atoms. The summed E-state index contributed by atoms with van der Waals surface area (Å²) in [5, 5.41) is 0. The van der Waals surface area contributed by atoms with Gasteiger partial charge in [-0.15, -0.1) is 0 Å². The standard InChI is InChI=1S/C12H16N2.2C10H12N2.C9H10N2O.4C9H10N2/c1-9(2)7-11-5-4-6-14-8-10(3)13-12(11)14;1-7-4-8(2)10-11-9(3)6-12(10)5-7;1-3-9-5-4-6-12-7-8(2)11-10(9)12;1-7-6-11-5-3-4-8(12-2)9(11)10-7;1-7-3-4-11-6-8(2)10-9(11)5-7;1-7-3-4-9-10-8(2)6-11(9)5-7;1-7-6-11-8(2)4-3-5-9(11)10-7;1-7-4-3-5-11-6-8(2)10-9(7)11/h4-6,8-9H,7H2,1-3H3;4-6H,1-3H3;4-7H,3H2,1-2H3;3-6H,1-2H3;4*3-6H,1-2H3. The number of nitrogens with zero attached hydrogens (tertiary/aromatic N) is 16. The van der Waals surface area contributed by atoms with E-state index in [4.69, 9.17) is 4.74 Å². The smallest absolute Gasteiger partial charge is 0.179 e. The summed E-state index contributed by atoms with van der Waals surface area (Å²) in [6, 6.07) is 32.9. The molecule has 0 aliphatic heterocycles. The van der Waals surface area contributed by atoms with E-state index in [1.54, 1.807) is 7.11 Å². The van der Waals surface area contributed by atoms with Crippen molar-refractivity contribution < 1.29 is 4.74 Å². The van der Waals surface area contributed by atoms with Crippen molar-refractivity contribution in [2.45, 2.75) is 131 Å². The van der Waals surface area contributed by atoms with E-state index in [9.17, 15) is 0 Å². The minimum Gasteiger partial charge on any atom is -0.493 e. The van der Waals surface area contributed by atoms with Gasteiger partial charge in [0.2, 0.25) is 0 Å². The van der Waals surface area contributed by atoms with E-state index < -0.39 is 0 Å². The van der Waals surface area contributed by atoms with E-state index in [1.165, 1.54) is 44.6 Å². The number of pyridine rings is 8. The van der Waals surface area contributed by atoms with E-state index in [-0.39, 0.29) is 0 Å². The molecule has 0 radical (unpaired) electrons. The Morgan fingerprint density at radius 3 is 1.40 bits per heavy atom. The van der Waals surface area contributed by atoms with Crippen LogP contribution in [0.3, 0.4) is 0 Å². The SMILES string of the molecule is CCc1cccn2cc(C)nc12.COc1cccn2cc(C)nc12.Cc1cc(C)c2nc(C)cn2c1.Cc1ccc2nc(C)cn2c1.Cc1ccn2cc(C)nc2c1.Cc1cn2c(C)cccc2n1.Cc1cn2cccc(C)c2n1.Cc1cn2cccc(CC(C)C)c2n1. The normalized spacial score (nSPS) is 10.8. The summed E-state index contributed by atoms with van der Waals surface area (Å²) in [6.45, 7) is 35.2. The number of fused-ring (bicyclic) bond motifs is 8. The monoisotopic (exact) mass is 1250 g/mol. The fourth-order valence-electron chi connectivity index (χ4n) is 11.1. The molecule has 0 bridgehead atoms. The Morgan fingerprint density at radius 1 is 0.340 bits per heavy atom. The van der Waals surface area contributed by atoms with Crippen LogP contribution in [-0.4, -0.2) is 82.2 Å². The largest absolute Gasteiger partial charge is 0.493 e. The zero-order valence-corrected chi connectivity index (χ0v) is 58.0. The summed E-state index contributed by atoms with van der Waals surface area (Å²) in [7, 11) is 1.65. The molecule has 0 saturated heterocycles. The van der Waals surface area contributed by atoms with Gasteiger partial charge in [-0.1, -0.05) is 57.2 Å². The van der Waals surface area contributed by atoms with Crippen molar-refractivity contribution in [1.82, 2.24) is 75.1 Å². The number of ether oxygens (including phenoxy) is 1. The Balaban J connectivity index is 0.000000127. The molecule has 16 rings (SSSR count). The predicted octanol–water partition coefficient (Wildman–Crippen LogP) is 16.8. The maximum Gasteiger partial charge on any atom is 0.179 e. The second-order valence-corrected chi connectivity index (χ2v) is 24.5. The van der Waals surface area contributed by atoms with Gasteiger partial charge in [0.05, 0.1) is 52.7 Å². The molecule has 0 amide bonds. The molecule has 17 nitrogen and oxygen atoms in total. The molecule has 16 aromatic heterocycles. The molecule has 0 saturated carbocycles. The molecule has 0 aromatic carbocycles. The van der Waals surface area contributed by atoms with Gasteiger partial charge in [-0.05, 0) is 215 Å². The highest BCUT2D eigenvalue weighted by molar-refractivity contribution is 5.55. The molecule has 0 fully saturated rings. The Hall–Kier alpha value is -10.7. The summed E-state index contributed by atoms with van der Waals surface area (Å²) in [5.74, 6) is 1.49. The summed E-state index contributed by atoms with van der Waals surface area (Å²) in [6.07, 6.45) is 32.7. The van der Waals surface area contributed by atoms with Crippen LogP contribution in [0.1, 0.15) is 111 Å². The molecule has 0 aliphatic rings. The molecular formula is C77H90N16O. The number of aromatic nitrogens is 16. The average Bonchev–Trinajstić information content (AvgIpc) is 1.75. The molecule has 16 aromatic rings. The van der Waals surface area contributed by atoms with E-state index in [0.29, 0.717) is 5.92 Å². The Bertz CT molecular complexity index is 4910. The summed E-state index contributed by atoms with van der Waals surface area (Å²) in [4.78, 5) is 35.1. The van der Waals surface area contributed by atoms with Crippen molar-refractivity contribution in [1.29, 1.82) is 0 Å². The van der Waals surface area contributed by atoms with E-state index in [0.717, 1.165) is 109 Å². The molecular weight excluding hydrogens is 1160 g/mol. The van der Waals surface area contributed by atoms with Crippen LogP contribution in [0.5, 0.6) is 5.75 Å². The first-order chi connectivity index (χ1) is 45.0. The van der Waals surface area contributed by atoms with E-state index in [1.807, 2.05) is 165 Å². The van der Waals surface area contributed by atoms with Gasteiger partial charge in [0.25, 0.3) is 0 Å². The van der Waals surface area contributed by atoms with Gasteiger partial charge in [-0.3, -0.25) is 0 Å². The number of imidazole rings is 8. The number of aryl methyl sites for hydroxylation is 15. The molecule has 17 heteroatoms. The summed E-state index contributed by atoms with van der Waals surface area (Å²) < 4.78 is 21.6.